The molecule has 1 aliphatic rings. The van der Waals surface area contributed by atoms with Crippen LogP contribution in [0, 0.1) is 11.8 Å². The predicted molar refractivity (Wildman–Crippen MR) is 59.7 cm³/mol. The van der Waals surface area contributed by atoms with Crippen LogP contribution >= 0.6 is 0 Å². The highest BCUT2D eigenvalue weighted by molar-refractivity contribution is 5.85. The van der Waals surface area contributed by atoms with Crippen molar-refractivity contribution in [1.29, 1.82) is 0 Å². The summed E-state index contributed by atoms with van der Waals surface area (Å²) >= 11 is 0. The number of hydrogen-bond donors (Lipinski definition) is 3. The van der Waals surface area contributed by atoms with Crippen LogP contribution in [0.2, 0.25) is 0 Å². The molecule has 3 atom stereocenters. The van der Waals surface area contributed by atoms with E-state index in [1.54, 1.807) is 13.8 Å². The number of carboxylic acids is 1. The lowest BCUT2D eigenvalue weighted by Gasteiger charge is -2.20. The molecule has 0 bridgehead atoms. The third-order valence-electron chi connectivity index (χ3n) is 3.07. The lowest BCUT2D eigenvalue weighted by molar-refractivity contribution is -0.143. The summed E-state index contributed by atoms with van der Waals surface area (Å²) < 4.78 is 0. The monoisotopic (exact) mass is 228 g/mol. The van der Waals surface area contributed by atoms with Gasteiger partial charge in [-0.05, 0) is 25.2 Å². The minimum atomic E-state index is -0.981. The highest BCUT2D eigenvalue weighted by atomic mass is 16.4. The molecule has 0 aromatic carbocycles. The minimum absolute atomic E-state index is 0.0816. The molecular formula is C11H20N2O3. The first-order valence-corrected chi connectivity index (χ1v) is 5.70. The Labute approximate surface area is 95.4 Å². The fourth-order valence-corrected chi connectivity index (χ4v) is 2.04. The number of carbonyl (C=O) groups is 2. The van der Waals surface area contributed by atoms with Gasteiger partial charge in [-0.25, -0.2) is 4.79 Å². The van der Waals surface area contributed by atoms with Gasteiger partial charge in [0.2, 0.25) is 5.91 Å². The van der Waals surface area contributed by atoms with Crippen LogP contribution < -0.4 is 11.1 Å². The molecule has 1 amide bonds. The summed E-state index contributed by atoms with van der Waals surface area (Å²) in [5, 5.41) is 11.5. The van der Waals surface area contributed by atoms with Gasteiger partial charge in [0, 0.05) is 12.0 Å². The van der Waals surface area contributed by atoms with E-state index in [1.807, 2.05) is 0 Å². The largest absolute Gasteiger partial charge is 0.480 e. The van der Waals surface area contributed by atoms with Gasteiger partial charge >= 0.3 is 5.97 Å². The molecule has 4 N–H and O–H groups in total. The summed E-state index contributed by atoms with van der Waals surface area (Å²) in [6.45, 7) is 3.55. The first kappa shape index (κ1) is 13.0. The molecule has 5 nitrogen and oxygen atoms in total. The van der Waals surface area contributed by atoms with Crippen molar-refractivity contribution in [3.05, 3.63) is 0 Å². The Balaban J connectivity index is 2.52. The van der Waals surface area contributed by atoms with Gasteiger partial charge in [-0.1, -0.05) is 13.8 Å². The molecule has 0 radical (unpaired) electrons. The smallest absolute Gasteiger partial charge is 0.326 e. The number of carbonyl (C=O) groups excluding carboxylic acids is 1. The molecule has 1 rings (SSSR count). The quantitative estimate of drug-likeness (QED) is 0.647. The van der Waals surface area contributed by atoms with Crippen molar-refractivity contribution in [2.75, 3.05) is 0 Å². The maximum absolute atomic E-state index is 11.8. The zero-order valence-corrected chi connectivity index (χ0v) is 9.77. The Morgan fingerprint density at radius 3 is 2.38 bits per heavy atom. The lowest BCUT2D eigenvalue weighted by atomic mass is 10.0. The minimum Gasteiger partial charge on any atom is -0.480 e. The SMILES string of the molecule is CC(C)[C@H](NC(=O)C1CCC(N)C1)C(=O)O. The molecule has 0 saturated heterocycles. The van der Waals surface area contributed by atoms with Crippen molar-refractivity contribution in [2.45, 2.75) is 45.2 Å². The summed E-state index contributed by atoms with van der Waals surface area (Å²) in [6.07, 6.45) is 2.27. The molecule has 0 aromatic heterocycles. The third kappa shape index (κ3) is 3.20. The van der Waals surface area contributed by atoms with Gasteiger partial charge in [0.25, 0.3) is 0 Å². The Kier molecular flexibility index (Phi) is 4.29. The average Bonchev–Trinajstić information content (AvgIpc) is 2.59. The normalized spacial score (nSPS) is 26.8. The van der Waals surface area contributed by atoms with Crippen molar-refractivity contribution in [2.24, 2.45) is 17.6 Å². The topological polar surface area (TPSA) is 92.4 Å². The van der Waals surface area contributed by atoms with E-state index >= 15 is 0 Å². The van der Waals surface area contributed by atoms with Crippen molar-refractivity contribution in [3.63, 3.8) is 0 Å². The lowest BCUT2D eigenvalue weighted by Crippen LogP contribution is -2.46. The van der Waals surface area contributed by atoms with Crippen molar-refractivity contribution in [1.82, 2.24) is 5.32 Å². The third-order valence-corrected chi connectivity index (χ3v) is 3.07. The van der Waals surface area contributed by atoms with E-state index in [0.29, 0.717) is 6.42 Å². The predicted octanol–water partition coefficient (Wildman–Crippen LogP) is 0.339. The van der Waals surface area contributed by atoms with E-state index in [9.17, 15) is 9.59 Å². The number of hydrogen-bond acceptors (Lipinski definition) is 3. The first-order chi connectivity index (χ1) is 7.41. The first-order valence-electron chi connectivity index (χ1n) is 5.70. The summed E-state index contributed by atoms with van der Waals surface area (Å²) in [5.41, 5.74) is 5.72. The summed E-state index contributed by atoms with van der Waals surface area (Å²) in [7, 11) is 0. The fraction of sp³-hybridized carbons (Fsp3) is 0.818. The molecule has 0 aromatic rings. The van der Waals surface area contributed by atoms with E-state index in [4.69, 9.17) is 10.8 Å². The molecule has 92 valence electrons. The van der Waals surface area contributed by atoms with E-state index in [1.165, 1.54) is 0 Å². The number of carboxylic acid groups (broad SMARTS) is 1. The van der Waals surface area contributed by atoms with Crippen molar-refractivity contribution < 1.29 is 14.7 Å². The van der Waals surface area contributed by atoms with Crippen LogP contribution in [0.25, 0.3) is 0 Å². The second-order valence-corrected chi connectivity index (χ2v) is 4.84. The second kappa shape index (κ2) is 5.30. The molecule has 5 heteroatoms. The second-order valence-electron chi connectivity index (χ2n) is 4.84. The highest BCUT2D eigenvalue weighted by Crippen LogP contribution is 2.24. The number of nitrogens with two attached hydrogens (primary N) is 1. The van der Waals surface area contributed by atoms with E-state index in [-0.39, 0.29) is 23.8 Å². The summed E-state index contributed by atoms with van der Waals surface area (Å²) in [6, 6.07) is -0.720. The van der Waals surface area contributed by atoms with Gasteiger partial charge in [0.1, 0.15) is 6.04 Å². The van der Waals surface area contributed by atoms with E-state index < -0.39 is 12.0 Å². The van der Waals surface area contributed by atoms with Gasteiger partial charge in [-0.15, -0.1) is 0 Å². The molecule has 16 heavy (non-hydrogen) atoms. The van der Waals surface area contributed by atoms with Crippen molar-refractivity contribution >= 4 is 11.9 Å². The zero-order chi connectivity index (χ0) is 12.3. The Bertz CT molecular complexity index is 278. The number of amides is 1. The average molecular weight is 228 g/mol. The summed E-state index contributed by atoms with van der Waals surface area (Å²) in [5.74, 6) is -1.38. The Morgan fingerprint density at radius 2 is 2.00 bits per heavy atom. The van der Waals surface area contributed by atoms with Crippen LogP contribution in [0.15, 0.2) is 0 Å². The number of rotatable bonds is 4. The summed E-state index contributed by atoms with van der Waals surface area (Å²) in [4.78, 5) is 22.7. The Hall–Kier alpha value is -1.10. The molecule has 1 aliphatic carbocycles. The van der Waals surface area contributed by atoms with E-state index in [0.717, 1.165) is 12.8 Å². The Morgan fingerprint density at radius 1 is 1.38 bits per heavy atom. The number of aliphatic carboxylic acids is 1. The van der Waals surface area contributed by atoms with Crippen LogP contribution in [-0.4, -0.2) is 29.1 Å². The molecule has 1 saturated carbocycles. The van der Waals surface area contributed by atoms with Gasteiger partial charge < -0.3 is 16.2 Å². The van der Waals surface area contributed by atoms with Gasteiger partial charge in [-0.2, -0.15) is 0 Å². The van der Waals surface area contributed by atoms with Crippen LogP contribution in [0.5, 0.6) is 0 Å². The standard InChI is InChI=1S/C11H20N2O3/c1-6(2)9(11(15)16)13-10(14)7-3-4-8(12)5-7/h6-9H,3-5,12H2,1-2H3,(H,13,14)(H,15,16)/t7?,8?,9-/m0/s1. The molecule has 0 heterocycles. The fourth-order valence-electron chi connectivity index (χ4n) is 2.04. The molecular weight excluding hydrogens is 208 g/mol. The van der Waals surface area contributed by atoms with Crippen molar-refractivity contribution in [3.8, 4) is 0 Å². The molecule has 0 aliphatic heterocycles. The van der Waals surface area contributed by atoms with Crippen LogP contribution in [-0.2, 0) is 9.59 Å². The molecule has 1 fully saturated rings. The molecule has 0 spiro atoms. The number of nitrogens with one attached hydrogen (secondary N) is 1. The van der Waals surface area contributed by atoms with Gasteiger partial charge in [0.05, 0.1) is 0 Å². The maximum Gasteiger partial charge on any atom is 0.326 e. The van der Waals surface area contributed by atoms with E-state index in [2.05, 4.69) is 5.32 Å². The zero-order valence-electron chi connectivity index (χ0n) is 9.77. The van der Waals surface area contributed by atoms with Gasteiger partial charge in [0.15, 0.2) is 0 Å². The highest BCUT2D eigenvalue weighted by Gasteiger charge is 2.31. The molecule has 2 unspecified atom stereocenters. The van der Waals surface area contributed by atoms with Crippen LogP contribution in [0.3, 0.4) is 0 Å². The van der Waals surface area contributed by atoms with Gasteiger partial charge in [-0.3, -0.25) is 4.79 Å². The van der Waals surface area contributed by atoms with Crippen LogP contribution in [0.4, 0.5) is 0 Å². The van der Waals surface area contributed by atoms with Crippen LogP contribution in [0.1, 0.15) is 33.1 Å². The maximum atomic E-state index is 11.8.